The van der Waals surface area contributed by atoms with E-state index in [1.54, 1.807) is 0 Å². The molecule has 1 aliphatic rings. The third kappa shape index (κ3) is 4.52. The number of primary amides is 1. The second-order valence-corrected chi connectivity index (χ2v) is 10.5. The summed E-state index contributed by atoms with van der Waals surface area (Å²) < 4.78 is 19.1. The lowest BCUT2D eigenvalue weighted by Crippen LogP contribution is -2.51. The zero-order valence-electron chi connectivity index (χ0n) is 18.5. The van der Waals surface area contributed by atoms with Gasteiger partial charge in [0, 0.05) is 34.3 Å². The number of aryl methyl sites for hydroxylation is 2. The van der Waals surface area contributed by atoms with Crippen molar-refractivity contribution in [3.63, 3.8) is 0 Å². The monoisotopic (exact) mass is 433 g/mol. The maximum Gasteiger partial charge on any atom is 0.405 e. The molecule has 164 valence electrons. The summed E-state index contributed by atoms with van der Waals surface area (Å²) in [6.07, 6.45) is 3.56. The standard InChI is InChI=1S/C23H32FN3O2S/c1-16-6-7-17(14-26-16)21(2,3)27-13-12-23(15-27,22(4,5)29-20(25)28)11-10-18-8-9-19(24)30-18/h6-9,14H,10-13,15H2,1-5H3,(H2,25,28)/t23-/m1/s1. The number of aromatic nitrogens is 1. The van der Waals surface area contributed by atoms with Gasteiger partial charge in [0.05, 0.1) is 0 Å². The highest BCUT2D eigenvalue weighted by molar-refractivity contribution is 7.10. The highest BCUT2D eigenvalue weighted by Gasteiger charge is 2.53. The predicted octanol–water partition coefficient (Wildman–Crippen LogP) is 5.02. The van der Waals surface area contributed by atoms with Gasteiger partial charge in [-0.3, -0.25) is 9.88 Å². The summed E-state index contributed by atoms with van der Waals surface area (Å²) in [5.74, 6) is 0. The Bertz CT molecular complexity index is 894. The van der Waals surface area contributed by atoms with E-state index >= 15 is 0 Å². The zero-order valence-corrected chi connectivity index (χ0v) is 19.3. The molecule has 0 saturated carbocycles. The van der Waals surface area contributed by atoms with Gasteiger partial charge in [-0.05, 0) is 84.2 Å². The Morgan fingerprint density at radius 2 is 2.03 bits per heavy atom. The SMILES string of the molecule is Cc1ccc(C(C)(C)N2CC[C@@](CCc3ccc(F)s3)(C(C)(C)OC(N)=O)C2)cn1. The van der Waals surface area contributed by atoms with Crippen LogP contribution in [0.15, 0.2) is 30.5 Å². The van der Waals surface area contributed by atoms with E-state index in [-0.39, 0.29) is 16.1 Å². The largest absolute Gasteiger partial charge is 0.443 e. The van der Waals surface area contributed by atoms with Crippen LogP contribution in [0.3, 0.4) is 0 Å². The predicted molar refractivity (Wildman–Crippen MR) is 118 cm³/mol. The van der Waals surface area contributed by atoms with Crippen molar-refractivity contribution in [1.82, 2.24) is 9.88 Å². The smallest absolute Gasteiger partial charge is 0.405 e. The van der Waals surface area contributed by atoms with Gasteiger partial charge in [0.25, 0.3) is 0 Å². The van der Waals surface area contributed by atoms with E-state index in [9.17, 15) is 9.18 Å². The number of hydrogen-bond donors (Lipinski definition) is 1. The third-order valence-corrected chi connectivity index (χ3v) is 7.81. The Hall–Kier alpha value is -1.99. The van der Waals surface area contributed by atoms with Crippen molar-refractivity contribution in [1.29, 1.82) is 0 Å². The van der Waals surface area contributed by atoms with Crippen molar-refractivity contribution in [3.8, 4) is 0 Å². The maximum absolute atomic E-state index is 13.5. The molecule has 0 aromatic carbocycles. The van der Waals surface area contributed by atoms with E-state index in [0.29, 0.717) is 0 Å². The van der Waals surface area contributed by atoms with E-state index in [1.165, 1.54) is 17.4 Å². The van der Waals surface area contributed by atoms with Crippen molar-refractivity contribution >= 4 is 17.4 Å². The first-order valence-electron chi connectivity index (χ1n) is 10.4. The fourth-order valence-electron chi connectivity index (χ4n) is 4.57. The number of thiophene rings is 1. The van der Waals surface area contributed by atoms with Gasteiger partial charge in [0.2, 0.25) is 0 Å². The Morgan fingerprint density at radius 3 is 2.60 bits per heavy atom. The molecule has 0 aliphatic carbocycles. The fourth-order valence-corrected chi connectivity index (χ4v) is 5.29. The molecular formula is C23H32FN3O2S. The second-order valence-electron chi connectivity index (χ2n) is 9.34. The van der Waals surface area contributed by atoms with E-state index in [4.69, 9.17) is 10.5 Å². The quantitative estimate of drug-likeness (QED) is 0.665. The second kappa shape index (κ2) is 8.27. The minimum absolute atomic E-state index is 0.173. The van der Waals surface area contributed by atoms with Crippen molar-refractivity contribution in [2.24, 2.45) is 11.1 Å². The molecule has 0 spiro atoms. The molecule has 0 unspecified atom stereocenters. The highest BCUT2D eigenvalue weighted by Crippen LogP contribution is 2.49. The summed E-state index contributed by atoms with van der Waals surface area (Å²) in [5.41, 5.74) is 6.29. The number of pyridine rings is 1. The molecule has 1 fully saturated rings. The molecule has 5 nitrogen and oxygen atoms in total. The molecule has 1 saturated heterocycles. The summed E-state index contributed by atoms with van der Waals surface area (Å²) in [6.45, 7) is 11.9. The fraction of sp³-hybridized carbons (Fsp3) is 0.565. The lowest BCUT2D eigenvalue weighted by atomic mass is 9.69. The van der Waals surface area contributed by atoms with Crippen molar-refractivity contribution in [2.75, 3.05) is 13.1 Å². The summed E-state index contributed by atoms with van der Waals surface area (Å²) in [5, 5.41) is -0.173. The van der Waals surface area contributed by atoms with Crippen molar-refractivity contribution in [3.05, 3.63) is 51.7 Å². The average molecular weight is 434 g/mol. The van der Waals surface area contributed by atoms with Crippen molar-refractivity contribution in [2.45, 2.75) is 65.0 Å². The molecule has 1 amide bonds. The first-order valence-corrected chi connectivity index (χ1v) is 11.2. The molecular weight excluding hydrogens is 401 g/mol. The summed E-state index contributed by atoms with van der Waals surface area (Å²) in [6, 6.07) is 7.50. The van der Waals surface area contributed by atoms with Gasteiger partial charge in [0.1, 0.15) is 5.60 Å². The number of ether oxygens (including phenoxy) is 1. The molecule has 2 N–H and O–H groups in total. The first-order chi connectivity index (χ1) is 13.9. The lowest BCUT2D eigenvalue weighted by Gasteiger charge is -2.45. The molecule has 30 heavy (non-hydrogen) atoms. The van der Waals surface area contributed by atoms with Crippen LogP contribution in [0.5, 0.6) is 0 Å². The maximum atomic E-state index is 13.5. The van der Waals surface area contributed by atoms with Crippen LogP contribution in [0.2, 0.25) is 0 Å². The van der Waals surface area contributed by atoms with E-state index in [1.807, 2.05) is 39.1 Å². The minimum Gasteiger partial charge on any atom is -0.443 e. The summed E-state index contributed by atoms with van der Waals surface area (Å²) >= 11 is 1.18. The normalized spacial score (nSPS) is 20.5. The first kappa shape index (κ1) is 22.7. The van der Waals surface area contributed by atoms with Gasteiger partial charge in [-0.25, -0.2) is 4.79 Å². The van der Waals surface area contributed by atoms with Crippen LogP contribution in [0.25, 0.3) is 0 Å². The number of carbonyl (C=O) groups is 1. The molecule has 1 aliphatic heterocycles. The Morgan fingerprint density at radius 1 is 1.30 bits per heavy atom. The van der Waals surface area contributed by atoms with Crippen LogP contribution in [0, 0.1) is 17.5 Å². The molecule has 0 radical (unpaired) electrons. The number of rotatable bonds is 7. The van der Waals surface area contributed by atoms with Crippen LogP contribution in [0.4, 0.5) is 9.18 Å². The number of hydrogen-bond acceptors (Lipinski definition) is 5. The molecule has 7 heteroatoms. The minimum atomic E-state index is -0.762. The number of nitrogens with two attached hydrogens (primary N) is 1. The third-order valence-electron chi connectivity index (χ3n) is 6.87. The molecule has 3 rings (SSSR count). The number of halogens is 1. The topological polar surface area (TPSA) is 68.5 Å². The number of carbonyl (C=O) groups excluding carboxylic acids is 1. The number of amides is 1. The van der Waals surface area contributed by atoms with Gasteiger partial charge in [-0.2, -0.15) is 4.39 Å². The van der Waals surface area contributed by atoms with Gasteiger partial charge < -0.3 is 10.5 Å². The number of likely N-dealkylation sites (tertiary alicyclic amines) is 1. The molecule has 2 aromatic heterocycles. The molecule has 0 bridgehead atoms. The lowest BCUT2D eigenvalue weighted by molar-refractivity contribution is -0.0657. The van der Waals surface area contributed by atoms with Crippen LogP contribution in [0.1, 0.15) is 56.7 Å². The van der Waals surface area contributed by atoms with Crippen LogP contribution in [-0.4, -0.2) is 34.7 Å². The molecule has 1 atom stereocenters. The number of nitrogens with zero attached hydrogens (tertiary/aromatic N) is 2. The van der Waals surface area contributed by atoms with Gasteiger partial charge in [-0.1, -0.05) is 6.07 Å². The molecule has 3 heterocycles. The van der Waals surface area contributed by atoms with Gasteiger partial charge >= 0.3 is 6.09 Å². The zero-order chi connectivity index (χ0) is 22.2. The Balaban J connectivity index is 1.87. The van der Waals surface area contributed by atoms with E-state index in [2.05, 4.69) is 29.8 Å². The average Bonchev–Trinajstić information content (AvgIpc) is 3.27. The van der Waals surface area contributed by atoms with Gasteiger partial charge in [0.15, 0.2) is 5.13 Å². The van der Waals surface area contributed by atoms with E-state index in [0.717, 1.165) is 48.5 Å². The van der Waals surface area contributed by atoms with Gasteiger partial charge in [-0.15, -0.1) is 11.3 Å². The van der Waals surface area contributed by atoms with Crippen LogP contribution >= 0.6 is 11.3 Å². The Kier molecular flexibility index (Phi) is 6.25. The highest BCUT2D eigenvalue weighted by atomic mass is 32.1. The van der Waals surface area contributed by atoms with Crippen molar-refractivity contribution < 1.29 is 13.9 Å². The Labute approximate surface area is 182 Å². The molecule has 2 aromatic rings. The summed E-state index contributed by atoms with van der Waals surface area (Å²) in [4.78, 5) is 19.6. The van der Waals surface area contributed by atoms with E-state index < -0.39 is 11.7 Å². The van der Waals surface area contributed by atoms with Crippen LogP contribution in [-0.2, 0) is 16.7 Å². The van der Waals surface area contributed by atoms with Crippen LogP contribution < -0.4 is 5.73 Å². The summed E-state index contributed by atoms with van der Waals surface area (Å²) in [7, 11) is 0.